The van der Waals surface area contributed by atoms with E-state index in [2.05, 4.69) is 21.4 Å². The minimum Gasteiger partial charge on any atom is -0.468 e. The lowest BCUT2D eigenvalue weighted by atomic mass is 10.4. The molecule has 0 aromatic heterocycles. The topological polar surface area (TPSA) is 94.5 Å². The minimum atomic E-state index is -0.780. The predicted octanol–water partition coefficient (Wildman–Crippen LogP) is 2.18. The van der Waals surface area contributed by atoms with E-state index in [1.165, 1.54) is 13.2 Å². The normalized spacial score (nSPS) is 9.38. The number of hydrogen-bond acceptors (Lipinski definition) is 5. The van der Waals surface area contributed by atoms with Crippen LogP contribution in [0.1, 0.15) is 0 Å². The molecule has 21 heavy (non-hydrogen) atoms. The number of rotatable bonds is 4. The maximum atomic E-state index is 12.0. The smallest absolute Gasteiger partial charge is 0.344 e. The highest BCUT2D eigenvalue weighted by molar-refractivity contribution is 7.98. The molecule has 0 saturated heterocycles. The van der Waals surface area contributed by atoms with Gasteiger partial charge in [0.25, 0.3) is 0 Å². The molecule has 0 spiro atoms. The summed E-state index contributed by atoms with van der Waals surface area (Å²) < 4.78 is 7.11. The Balaban J connectivity index is 2.69. The van der Waals surface area contributed by atoms with Crippen LogP contribution in [-0.2, 0) is 4.74 Å². The molecule has 0 bridgehead atoms. The number of ether oxygens (including phenoxy) is 1. The fourth-order valence-electron chi connectivity index (χ4n) is 1.24. The van der Waals surface area contributed by atoms with Gasteiger partial charge in [-0.25, -0.2) is 9.59 Å². The third kappa shape index (κ3) is 5.19. The molecule has 1 aromatic carbocycles. The quantitative estimate of drug-likeness (QED) is 0.344. The Kier molecular flexibility index (Phi) is 6.82. The summed E-state index contributed by atoms with van der Waals surface area (Å²) in [4.78, 5) is 25.2. The van der Waals surface area contributed by atoms with Crippen LogP contribution in [-0.4, -0.2) is 36.6 Å². The average Bonchev–Trinajstić information content (AvgIpc) is 2.51. The lowest BCUT2D eigenvalue weighted by Gasteiger charge is -2.19. The second-order valence-corrected chi connectivity index (χ2v) is 4.52. The van der Waals surface area contributed by atoms with Crippen molar-refractivity contribution in [2.75, 3.05) is 13.7 Å². The van der Waals surface area contributed by atoms with Crippen molar-refractivity contribution in [3.63, 3.8) is 0 Å². The van der Waals surface area contributed by atoms with E-state index in [1.807, 2.05) is 18.2 Å². The number of imide groups is 1. The molecular formula is C13H16N4O3S. The highest BCUT2D eigenvalue weighted by atomic mass is 32.2. The number of amidine groups is 1. The van der Waals surface area contributed by atoms with E-state index in [0.717, 1.165) is 16.8 Å². The zero-order valence-electron chi connectivity index (χ0n) is 11.5. The van der Waals surface area contributed by atoms with Crippen molar-refractivity contribution in [1.29, 1.82) is 5.41 Å². The van der Waals surface area contributed by atoms with Gasteiger partial charge in [0.2, 0.25) is 0 Å². The molecule has 1 aromatic rings. The van der Waals surface area contributed by atoms with Gasteiger partial charge in [0.05, 0.1) is 7.11 Å². The van der Waals surface area contributed by atoms with Crippen LogP contribution in [0.2, 0.25) is 0 Å². The summed E-state index contributed by atoms with van der Waals surface area (Å²) in [5, 5.41) is 9.93. The van der Waals surface area contributed by atoms with Gasteiger partial charge < -0.3 is 10.1 Å². The molecule has 0 radical (unpaired) electrons. The standard InChI is InChI=1S/C13H16N4O3S/c1-3-9-15-12(18)17(11(14)20-2)13(19)16-21-10-7-5-4-6-8-10/h3-8,14H,1,9H2,2H3,(H,15,18)(H,16,19). The van der Waals surface area contributed by atoms with E-state index in [0.29, 0.717) is 4.90 Å². The van der Waals surface area contributed by atoms with Gasteiger partial charge in [-0.3, -0.25) is 10.1 Å². The Morgan fingerprint density at radius 2 is 2.05 bits per heavy atom. The Morgan fingerprint density at radius 3 is 2.62 bits per heavy atom. The lowest BCUT2D eigenvalue weighted by Crippen LogP contribution is -2.50. The molecule has 1 rings (SSSR count). The van der Waals surface area contributed by atoms with Crippen LogP contribution in [0.4, 0.5) is 9.59 Å². The molecule has 0 atom stereocenters. The van der Waals surface area contributed by atoms with Crippen molar-refractivity contribution in [3.05, 3.63) is 43.0 Å². The summed E-state index contributed by atoms with van der Waals surface area (Å²) >= 11 is 1.03. The number of methoxy groups -OCH3 is 1. The third-order valence-corrected chi connectivity index (χ3v) is 2.98. The van der Waals surface area contributed by atoms with Crippen LogP contribution in [0, 0.1) is 5.41 Å². The van der Waals surface area contributed by atoms with Gasteiger partial charge in [-0.15, -0.1) is 6.58 Å². The summed E-state index contributed by atoms with van der Waals surface area (Å²) in [6, 6.07) is 6.96. The van der Waals surface area contributed by atoms with Gasteiger partial charge in [0.15, 0.2) is 0 Å². The summed E-state index contributed by atoms with van der Waals surface area (Å²) in [7, 11) is 1.20. The SMILES string of the molecule is C=CCNC(=O)N(C(=N)OC)C(=O)NSc1ccccc1. The van der Waals surface area contributed by atoms with Crippen molar-refractivity contribution in [1.82, 2.24) is 14.9 Å². The number of carbonyl (C=O) groups is 2. The molecular weight excluding hydrogens is 292 g/mol. The molecule has 0 aliphatic rings. The van der Waals surface area contributed by atoms with Gasteiger partial charge in [0.1, 0.15) is 0 Å². The molecule has 0 heterocycles. The first-order valence-corrected chi connectivity index (χ1v) is 6.75. The Labute approximate surface area is 127 Å². The van der Waals surface area contributed by atoms with Crippen molar-refractivity contribution in [2.24, 2.45) is 0 Å². The van der Waals surface area contributed by atoms with Crippen molar-refractivity contribution in [2.45, 2.75) is 4.90 Å². The third-order valence-electron chi connectivity index (χ3n) is 2.20. The first-order chi connectivity index (χ1) is 10.1. The van der Waals surface area contributed by atoms with E-state index in [-0.39, 0.29) is 6.54 Å². The maximum Gasteiger partial charge on any atom is 0.344 e. The molecule has 0 unspecified atom stereocenters. The fraction of sp³-hybridized carbons (Fsp3) is 0.154. The van der Waals surface area contributed by atoms with Gasteiger partial charge in [-0.2, -0.15) is 4.90 Å². The van der Waals surface area contributed by atoms with E-state index < -0.39 is 18.1 Å². The highest BCUT2D eigenvalue weighted by Gasteiger charge is 2.26. The number of carbonyl (C=O) groups excluding carboxylic acids is 2. The molecule has 3 N–H and O–H groups in total. The number of benzene rings is 1. The summed E-state index contributed by atoms with van der Waals surface area (Å²) in [6.45, 7) is 3.63. The number of amides is 4. The molecule has 112 valence electrons. The molecule has 0 aliphatic heterocycles. The van der Waals surface area contributed by atoms with Crippen LogP contribution >= 0.6 is 11.9 Å². The number of hydrogen-bond donors (Lipinski definition) is 3. The van der Waals surface area contributed by atoms with Crippen LogP contribution in [0.25, 0.3) is 0 Å². The number of urea groups is 2. The van der Waals surface area contributed by atoms with E-state index in [1.54, 1.807) is 12.1 Å². The fourth-order valence-corrected chi connectivity index (χ4v) is 1.83. The number of nitrogens with one attached hydrogen (secondary N) is 3. The van der Waals surface area contributed by atoms with Crippen LogP contribution < -0.4 is 10.0 Å². The Hall–Kier alpha value is -2.48. The van der Waals surface area contributed by atoms with Gasteiger partial charge in [-0.05, 0) is 24.1 Å². The maximum absolute atomic E-state index is 12.0. The van der Waals surface area contributed by atoms with E-state index >= 15 is 0 Å². The zero-order valence-corrected chi connectivity index (χ0v) is 12.3. The molecule has 7 nitrogen and oxygen atoms in total. The molecule has 0 saturated carbocycles. The summed E-state index contributed by atoms with van der Waals surface area (Å²) in [6.07, 6.45) is 1.46. The van der Waals surface area contributed by atoms with E-state index in [9.17, 15) is 9.59 Å². The molecule has 0 fully saturated rings. The lowest BCUT2D eigenvalue weighted by molar-refractivity contribution is 0.198. The number of nitrogens with zero attached hydrogens (tertiary/aromatic N) is 1. The Bertz CT molecular complexity index is 521. The van der Waals surface area contributed by atoms with Crippen molar-refractivity contribution < 1.29 is 14.3 Å². The molecule has 0 aliphatic carbocycles. The highest BCUT2D eigenvalue weighted by Crippen LogP contribution is 2.13. The predicted molar refractivity (Wildman–Crippen MR) is 81.0 cm³/mol. The largest absolute Gasteiger partial charge is 0.468 e. The zero-order chi connectivity index (χ0) is 15.7. The monoisotopic (exact) mass is 308 g/mol. The minimum absolute atomic E-state index is 0.172. The first-order valence-electron chi connectivity index (χ1n) is 5.93. The first kappa shape index (κ1) is 16.6. The molecule has 4 amide bonds. The van der Waals surface area contributed by atoms with Crippen LogP contribution in [0.5, 0.6) is 0 Å². The summed E-state index contributed by atoms with van der Waals surface area (Å²) in [5.41, 5.74) is 0. The Morgan fingerprint density at radius 1 is 1.38 bits per heavy atom. The van der Waals surface area contributed by atoms with E-state index in [4.69, 9.17) is 5.41 Å². The molecule has 8 heteroatoms. The van der Waals surface area contributed by atoms with Crippen molar-refractivity contribution >= 4 is 30.0 Å². The average molecular weight is 308 g/mol. The summed E-state index contributed by atoms with van der Waals surface area (Å²) in [5.74, 6) is 0. The second kappa shape index (κ2) is 8.64. The van der Waals surface area contributed by atoms with Gasteiger partial charge in [0, 0.05) is 11.4 Å². The second-order valence-electron chi connectivity index (χ2n) is 3.64. The van der Waals surface area contributed by atoms with Gasteiger partial charge >= 0.3 is 18.1 Å². The van der Waals surface area contributed by atoms with Crippen LogP contribution in [0.3, 0.4) is 0 Å². The van der Waals surface area contributed by atoms with Crippen molar-refractivity contribution in [3.8, 4) is 0 Å². The van der Waals surface area contributed by atoms with Gasteiger partial charge in [-0.1, -0.05) is 24.3 Å². The van der Waals surface area contributed by atoms with Crippen LogP contribution in [0.15, 0.2) is 47.9 Å².